The Labute approximate surface area is 104 Å². The normalized spacial score (nSPS) is 24.9. The van der Waals surface area contributed by atoms with Gasteiger partial charge in [0.2, 0.25) is 0 Å². The summed E-state index contributed by atoms with van der Waals surface area (Å²) in [4.78, 5) is 11.4. The first-order valence-corrected chi connectivity index (χ1v) is 7.78. The second kappa shape index (κ2) is 5.48. The van der Waals surface area contributed by atoms with Gasteiger partial charge in [0.15, 0.2) is 0 Å². The van der Waals surface area contributed by atoms with E-state index in [9.17, 15) is 13.2 Å². The highest BCUT2D eigenvalue weighted by Gasteiger charge is 2.35. The first-order valence-electron chi connectivity index (χ1n) is 6.17. The fourth-order valence-electron chi connectivity index (χ4n) is 2.68. The van der Waals surface area contributed by atoms with Crippen LogP contribution >= 0.6 is 0 Å². The van der Waals surface area contributed by atoms with E-state index in [-0.39, 0.29) is 11.2 Å². The van der Waals surface area contributed by atoms with E-state index in [0.29, 0.717) is 31.0 Å². The Kier molecular flexibility index (Phi) is 4.72. The fourth-order valence-corrected chi connectivity index (χ4v) is 3.25. The Morgan fingerprint density at radius 2 is 2.00 bits per heavy atom. The van der Waals surface area contributed by atoms with Crippen LogP contribution in [0.5, 0.6) is 0 Å². The third kappa shape index (κ3) is 5.17. The average molecular weight is 262 g/mol. The Morgan fingerprint density at radius 1 is 1.35 bits per heavy atom. The molecular weight excluding hydrogens is 240 g/mol. The maximum atomic E-state index is 11.4. The van der Waals surface area contributed by atoms with Crippen LogP contribution in [0.4, 0.5) is 0 Å². The van der Waals surface area contributed by atoms with E-state index in [1.54, 1.807) is 0 Å². The standard InChI is InChI=1S/C12H22O4S/c1-12(2)9-11(13)7-6-10(12)5-3-4-8-17(14,15)16/h10H,3-9H2,1-2H3,(H,14,15,16). The van der Waals surface area contributed by atoms with E-state index in [2.05, 4.69) is 13.8 Å². The molecule has 1 atom stereocenters. The second-order valence-corrected chi connectivity index (χ2v) is 7.29. The molecule has 1 rings (SSSR count). The first kappa shape index (κ1) is 14.6. The van der Waals surface area contributed by atoms with Gasteiger partial charge in [-0.2, -0.15) is 8.42 Å². The van der Waals surface area contributed by atoms with Crippen molar-refractivity contribution in [1.82, 2.24) is 0 Å². The van der Waals surface area contributed by atoms with E-state index in [4.69, 9.17) is 4.55 Å². The van der Waals surface area contributed by atoms with Crippen LogP contribution in [0.2, 0.25) is 0 Å². The summed E-state index contributed by atoms with van der Waals surface area (Å²) < 4.78 is 29.7. The molecule has 1 saturated carbocycles. The number of rotatable bonds is 5. The number of hydrogen-bond acceptors (Lipinski definition) is 3. The molecule has 5 heteroatoms. The van der Waals surface area contributed by atoms with Crippen LogP contribution in [-0.2, 0) is 14.9 Å². The van der Waals surface area contributed by atoms with Crippen LogP contribution in [0.1, 0.15) is 52.4 Å². The summed E-state index contributed by atoms with van der Waals surface area (Å²) in [7, 11) is -3.82. The molecule has 17 heavy (non-hydrogen) atoms. The molecule has 1 aliphatic carbocycles. The summed E-state index contributed by atoms with van der Waals surface area (Å²) in [6, 6.07) is 0. The van der Waals surface area contributed by atoms with Gasteiger partial charge in [-0.3, -0.25) is 9.35 Å². The van der Waals surface area contributed by atoms with Gasteiger partial charge in [-0.25, -0.2) is 0 Å². The number of unbranched alkanes of at least 4 members (excludes halogenated alkanes) is 1. The molecule has 0 bridgehead atoms. The van der Waals surface area contributed by atoms with Gasteiger partial charge in [0.05, 0.1) is 5.75 Å². The molecule has 0 radical (unpaired) electrons. The Bertz CT molecular complexity index is 370. The van der Waals surface area contributed by atoms with E-state index in [0.717, 1.165) is 19.3 Å². The predicted molar refractivity (Wildman–Crippen MR) is 66.4 cm³/mol. The van der Waals surface area contributed by atoms with E-state index in [1.165, 1.54) is 0 Å². The molecule has 1 aliphatic rings. The quantitative estimate of drug-likeness (QED) is 0.610. The smallest absolute Gasteiger partial charge is 0.264 e. The molecule has 0 heterocycles. The monoisotopic (exact) mass is 262 g/mol. The van der Waals surface area contributed by atoms with Crippen molar-refractivity contribution in [1.29, 1.82) is 0 Å². The Balaban J connectivity index is 2.34. The molecular formula is C12H22O4S. The Hall–Kier alpha value is -0.420. The van der Waals surface area contributed by atoms with Crippen molar-refractivity contribution in [3.8, 4) is 0 Å². The van der Waals surface area contributed by atoms with Crippen molar-refractivity contribution in [2.75, 3.05) is 5.75 Å². The van der Waals surface area contributed by atoms with Crippen LogP contribution in [0.25, 0.3) is 0 Å². The van der Waals surface area contributed by atoms with Crippen molar-refractivity contribution in [2.45, 2.75) is 52.4 Å². The van der Waals surface area contributed by atoms with Crippen molar-refractivity contribution >= 4 is 15.9 Å². The van der Waals surface area contributed by atoms with Gasteiger partial charge in [0.1, 0.15) is 5.78 Å². The largest absolute Gasteiger partial charge is 0.300 e. The Morgan fingerprint density at radius 3 is 2.53 bits per heavy atom. The molecule has 0 amide bonds. The van der Waals surface area contributed by atoms with Crippen LogP contribution in [0, 0.1) is 11.3 Å². The highest BCUT2D eigenvalue weighted by atomic mass is 32.2. The van der Waals surface area contributed by atoms with Crippen LogP contribution in [0.15, 0.2) is 0 Å². The van der Waals surface area contributed by atoms with Gasteiger partial charge >= 0.3 is 0 Å². The van der Waals surface area contributed by atoms with Gasteiger partial charge in [-0.15, -0.1) is 0 Å². The van der Waals surface area contributed by atoms with Gasteiger partial charge in [-0.1, -0.05) is 20.3 Å². The molecule has 0 aliphatic heterocycles. The zero-order valence-electron chi connectivity index (χ0n) is 10.6. The summed E-state index contributed by atoms with van der Waals surface area (Å²) in [5.74, 6) is 0.671. The zero-order chi connectivity index (χ0) is 13.1. The minimum absolute atomic E-state index is 0.0351. The van der Waals surface area contributed by atoms with Gasteiger partial charge in [0, 0.05) is 12.8 Å². The summed E-state index contributed by atoms with van der Waals surface area (Å²) in [5.41, 5.74) is 0.0351. The van der Waals surface area contributed by atoms with Crippen LogP contribution in [0.3, 0.4) is 0 Å². The molecule has 0 saturated heterocycles. The van der Waals surface area contributed by atoms with Crippen molar-refractivity contribution < 1.29 is 17.8 Å². The zero-order valence-corrected chi connectivity index (χ0v) is 11.4. The average Bonchev–Trinajstić information content (AvgIpc) is 2.12. The van der Waals surface area contributed by atoms with E-state index in [1.807, 2.05) is 0 Å². The highest BCUT2D eigenvalue weighted by molar-refractivity contribution is 7.85. The lowest BCUT2D eigenvalue weighted by atomic mass is 9.67. The van der Waals surface area contributed by atoms with E-state index >= 15 is 0 Å². The highest BCUT2D eigenvalue weighted by Crippen LogP contribution is 2.41. The minimum Gasteiger partial charge on any atom is -0.300 e. The molecule has 4 nitrogen and oxygen atoms in total. The maximum absolute atomic E-state index is 11.4. The minimum atomic E-state index is -3.82. The predicted octanol–water partition coefficient (Wildman–Crippen LogP) is 2.44. The molecule has 1 unspecified atom stereocenters. The summed E-state index contributed by atoms with van der Waals surface area (Å²) >= 11 is 0. The van der Waals surface area contributed by atoms with Crippen LogP contribution < -0.4 is 0 Å². The maximum Gasteiger partial charge on any atom is 0.264 e. The number of carbonyl (C=O) groups is 1. The summed E-state index contributed by atoms with van der Waals surface area (Å²) in [6.45, 7) is 4.22. The van der Waals surface area contributed by atoms with Crippen molar-refractivity contribution in [3.63, 3.8) is 0 Å². The van der Waals surface area contributed by atoms with Crippen molar-refractivity contribution in [2.24, 2.45) is 11.3 Å². The number of ketones is 1. The molecule has 0 spiro atoms. The fraction of sp³-hybridized carbons (Fsp3) is 0.917. The van der Waals surface area contributed by atoms with E-state index < -0.39 is 10.1 Å². The lowest BCUT2D eigenvalue weighted by Crippen LogP contribution is -2.32. The van der Waals surface area contributed by atoms with Gasteiger partial charge in [0.25, 0.3) is 10.1 Å². The lowest BCUT2D eigenvalue weighted by molar-refractivity contribution is -0.125. The first-order chi connectivity index (χ1) is 7.71. The molecule has 100 valence electrons. The molecule has 0 aromatic rings. The third-order valence-corrected chi connectivity index (χ3v) is 4.54. The third-order valence-electron chi connectivity index (χ3n) is 3.73. The number of carbonyl (C=O) groups excluding carboxylic acids is 1. The number of hydrogen-bond donors (Lipinski definition) is 1. The van der Waals surface area contributed by atoms with Gasteiger partial charge in [-0.05, 0) is 30.6 Å². The van der Waals surface area contributed by atoms with Gasteiger partial charge < -0.3 is 0 Å². The van der Waals surface area contributed by atoms with Crippen LogP contribution in [-0.4, -0.2) is 24.5 Å². The SMILES string of the molecule is CC1(C)CC(=O)CCC1CCCCS(=O)(=O)O. The molecule has 1 N–H and O–H groups in total. The molecule has 0 aromatic heterocycles. The second-order valence-electron chi connectivity index (χ2n) is 5.72. The number of Topliss-reactive ketones (excluding diaryl/α,β-unsaturated/α-hetero) is 1. The summed E-state index contributed by atoms with van der Waals surface area (Å²) in [5, 5.41) is 0. The topological polar surface area (TPSA) is 71.4 Å². The lowest BCUT2D eigenvalue weighted by Gasteiger charge is -2.38. The molecule has 0 aromatic carbocycles. The molecule has 1 fully saturated rings. The van der Waals surface area contributed by atoms with Crippen molar-refractivity contribution in [3.05, 3.63) is 0 Å². The summed E-state index contributed by atoms with van der Waals surface area (Å²) in [6.07, 6.45) is 4.44.